The van der Waals surface area contributed by atoms with Gasteiger partial charge in [-0.05, 0) is 43.5 Å². The molecule has 0 saturated carbocycles. The van der Waals surface area contributed by atoms with E-state index in [4.69, 9.17) is 4.52 Å². The highest BCUT2D eigenvalue weighted by Gasteiger charge is 2.55. The van der Waals surface area contributed by atoms with Crippen LogP contribution in [0.1, 0.15) is 70.0 Å². The van der Waals surface area contributed by atoms with Gasteiger partial charge in [0.1, 0.15) is 11.2 Å². The fraction of sp³-hybridized carbons (Fsp3) is 0.500. The van der Waals surface area contributed by atoms with Crippen molar-refractivity contribution in [1.29, 1.82) is 0 Å². The minimum atomic E-state index is -1.25. The van der Waals surface area contributed by atoms with Crippen molar-refractivity contribution in [3.8, 4) is 11.4 Å². The summed E-state index contributed by atoms with van der Waals surface area (Å²) in [5.41, 5.74) is 0.503. The van der Waals surface area contributed by atoms with Crippen LogP contribution in [-0.4, -0.2) is 49.9 Å². The van der Waals surface area contributed by atoms with Crippen LogP contribution in [0.3, 0.4) is 0 Å². The molecule has 0 radical (unpaired) electrons. The molecule has 33 heavy (non-hydrogen) atoms. The molecule has 0 aliphatic carbocycles. The van der Waals surface area contributed by atoms with E-state index >= 15 is 0 Å². The van der Waals surface area contributed by atoms with Gasteiger partial charge in [-0.2, -0.15) is 4.98 Å². The van der Waals surface area contributed by atoms with Crippen molar-refractivity contribution < 1.29 is 14.7 Å². The molecule has 1 unspecified atom stereocenters. The summed E-state index contributed by atoms with van der Waals surface area (Å²) in [7, 11) is 0. The second kappa shape index (κ2) is 8.31. The molecule has 2 aromatic heterocycles. The van der Waals surface area contributed by atoms with Crippen LogP contribution >= 0.6 is 0 Å². The molecule has 4 rings (SSSR count). The molecule has 0 spiro atoms. The van der Waals surface area contributed by atoms with Gasteiger partial charge in [0.2, 0.25) is 5.82 Å². The van der Waals surface area contributed by atoms with Crippen LogP contribution in [0.25, 0.3) is 11.4 Å². The number of benzene rings is 1. The van der Waals surface area contributed by atoms with E-state index in [1.807, 2.05) is 18.2 Å². The maximum Gasteiger partial charge on any atom is 0.258 e. The molecule has 7 heteroatoms. The SMILES string of the molecule is CCN1CC(C)(C(O)(c2ccc(C(C)C)cc2)c2cncc(-c3noc(C(C)(C)O)n3)c2)C1. The van der Waals surface area contributed by atoms with E-state index in [0.29, 0.717) is 22.9 Å². The summed E-state index contributed by atoms with van der Waals surface area (Å²) in [4.78, 5) is 11.1. The first kappa shape index (κ1) is 23.5. The summed E-state index contributed by atoms with van der Waals surface area (Å²) < 4.78 is 5.25. The molecule has 1 saturated heterocycles. The molecule has 3 heterocycles. The number of aliphatic hydroxyl groups is 2. The Balaban J connectivity index is 1.80. The second-order valence-corrected chi connectivity index (χ2v) is 10.3. The standard InChI is InChI=1S/C26H34N4O3/c1-7-30-15-25(6,16-30)26(32,20-10-8-18(9-11-20)17(2)3)21-12-19(13-27-14-21)22-28-23(33-29-22)24(4,5)31/h8-14,17,31-32H,7,15-16H2,1-6H3. The van der Waals surface area contributed by atoms with Crippen molar-refractivity contribution in [2.75, 3.05) is 19.6 Å². The van der Waals surface area contributed by atoms with Crippen LogP contribution in [0.4, 0.5) is 0 Å². The fourth-order valence-corrected chi connectivity index (χ4v) is 4.72. The van der Waals surface area contributed by atoms with Crippen LogP contribution in [-0.2, 0) is 11.2 Å². The van der Waals surface area contributed by atoms with E-state index in [1.54, 1.807) is 26.2 Å². The molecule has 1 aliphatic heterocycles. The number of pyridine rings is 1. The molecule has 1 fully saturated rings. The highest BCUT2D eigenvalue weighted by molar-refractivity contribution is 5.56. The summed E-state index contributed by atoms with van der Waals surface area (Å²) in [5, 5.41) is 26.6. The Morgan fingerprint density at radius 2 is 1.76 bits per heavy atom. The summed E-state index contributed by atoms with van der Waals surface area (Å²) in [6.07, 6.45) is 3.36. The molecule has 0 bridgehead atoms. The third-order valence-corrected chi connectivity index (χ3v) is 6.82. The number of hydrogen-bond acceptors (Lipinski definition) is 7. The van der Waals surface area contributed by atoms with Crippen molar-refractivity contribution in [3.05, 3.63) is 65.3 Å². The van der Waals surface area contributed by atoms with Crippen LogP contribution in [0.2, 0.25) is 0 Å². The van der Waals surface area contributed by atoms with Crippen LogP contribution in [0.5, 0.6) is 0 Å². The average molecular weight is 451 g/mol. The Hall–Kier alpha value is -2.61. The van der Waals surface area contributed by atoms with E-state index in [1.165, 1.54) is 5.56 Å². The van der Waals surface area contributed by atoms with Crippen molar-refractivity contribution in [2.24, 2.45) is 5.41 Å². The lowest BCUT2D eigenvalue weighted by Crippen LogP contribution is -2.64. The van der Waals surface area contributed by atoms with Gasteiger partial charge in [-0.1, -0.05) is 57.1 Å². The lowest BCUT2D eigenvalue weighted by atomic mass is 9.62. The molecule has 1 aromatic carbocycles. The molecule has 1 atom stereocenters. The first-order chi connectivity index (χ1) is 15.5. The Morgan fingerprint density at radius 3 is 2.30 bits per heavy atom. The molecule has 176 valence electrons. The van der Waals surface area contributed by atoms with Crippen molar-refractivity contribution in [3.63, 3.8) is 0 Å². The fourth-order valence-electron chi connectivity index (χ4n) is 4.72. The molecule has 7 nitrogen and oxygen atoms in total. The van der Waals surface area contributed by atoms with Gasteiger partial charge in [-0.3, -0.25) is 4.98 Å². The normalized spacial score (nSPS) is 18.2. The smallest absolute Gasteiger partial charge is 0.258 e. The van der Waals surface area contributed by atoms with Gasteiger partial charge in [-0.15, -0.1) is 0 Å². The number of rotatable bonds is 7. The van der Waals surface area contributed by atoms with E-state index in [0.717, 1.165) is 25.2 Å². The van der Waals surface area contributed by atoms with Gasteiger partial charge in [0.15, 0.2) is 0 Å². The summed E-state index contributed by atoms with van der Waals surface area (Å²) in [5.74, 6) is 0.870. The molecule has 2 N–H and O–H groups in total. The second-order valence-electron chi connectivity index (χ2n) is 10.3. The van der Waals surface area contributed by atoms with E-state index < -0.39 is 16.6 Å². The largest absolute Gasteiger partial charge is 0.381 e. The molecular formula is C26H34N4O3. The van der Waals surface area contributed by atoms with Gasteiger partial charge < -0.3 is 19.6 Å². The number of likely N-dealkylation sites (tertiary alicyclic amines) is 1. The predicted molar refractivity (Wildman–Crippen MR) is 127 cm³/mol. The molecule has 0 amide bonds. The minimum absolute atomic E-state index is 0.131. The summed E-state index contributed by atoms with van der Waals surface area (Å²) in [6, 6.07) is 10.1. The Kier molecular flexibility index (Phi) is 5.93. The van der Waals surface area contributed by atoms with E-state index in [2.05, 4.69) is 59.9 Å². The zero-order chi connectivity index (χ0) is 24.0. The third kappa shape index (κ3) is 4.09. The van der Waals surface area contributed by atoms with Crippen molar-refractivity contribution in [2.45, 2.75) is 58.7 Å². The molecular weight excluding hydrogens is 416 g/mol. The summed E-state index contributed by atoms with van der Waals surface area (Å²) in [6.45, 7) is 14.3. The quantitative estimate of drug-likeness (QED) is 0.560. The van der Waals surface area contributed by atoms with Gasteiger partial charge >= 0.3 is 0 Å². The average Bonchev–Trinajstić information content (AvgIpc) is 3.27. The van der Waals surface area contributed by atoms with Crippen LogP contribution < -0.4 is 0 Å². The lowest BCUT2D eigenvalue weighted by molar-refractivity contribution is -0.134. The van der Waals surface area contributed by atoms with Crippen LogP contribution in [0, 0.1) is 5.41 Å². The minimum Gasteiger partial charge on any atom is -0.381 e. The van der Waals surface area contributed by atoms with Crippen molar-refractivity contribution >= 4 is 0 Å². The van der Waals surface area contributed by atoms with E-state index in [9.17, 15) is 10.2 Å². The number of hydrogen-bond donors (Lipinski definition) is 2. The highest BCUT2D eigenvalue weighted by atomic mass is 16.5. The number of nitrogens with zero attached hydrogens (tertiary/aromatic N) is 4. The van der Waals surface area contributed by atoms with Crippen molar-refractivity contribution in [1.82, 2.24) is 20.0 Å². The van der Waals surface area contributed by atoms with E-state index in [-0.39, 0.29) is 5.89 Å². The number of aromatic nitrogens is 3. The Bertz CT molecular complexity index is 1110. The van der Waals surface area contributed by atoms with Gasteiger partial charge in [0.25, 0.3) is 5.89 Å². The van der Waals surface area contributed by atoms with Gasteiger partial charge in [0.05, 0.1) is 0 Å². The Labute approximate surface area is 195 Å². The lowest BCUT2D eigenvalue weighted by Gasteiger charge is -2.56. The molecule has 3 aromatic rings. The topological polar surface area (TPSA) is 95.5 Å². The first-order valence-corrected chi connectivity index (χ1v) is 11.6. The van der Waals surface area contributed by atoms with Crippen LogP contribution in [0.15, 0.2) is 47.2 Å². The predicted octanol–water partition coefficient (Wildman–Crippen LogP) is 4.06. The molecule has 1 aliphatic rings. The maximum atomic E-state index is 12.4. The summed E-state index contributed by atoms with van der Waals surface area (Å²) >= 11 is 0. The zero-order valence-electron chi connectivity index (χ0n) is 20.3. The highest BCUT2D eigenvalue weighted by Crippen LogP contribution is 2.50. The maximum absolute atomic E-state index is 12.4. The Morgan fingerprint density at radius 1 is 1.09 bits per heavy atom. The first-order valence-electron chi connectivity index (χ1n) is 11.6. The third-order valence-electron chi connectivity index (χ3n) is 6.82. The zero-order valence-corrected chi connectivity index (χ0v) is 20.3. The van der Waals surface area contributed by atoms with Gasteiger partial charge in [0, 0.05) is 42.0 Å². The van der Waals surface area contributed by atoms with Gasteiger partial charge in [-0.25, -0.2) is 0 Å². The monoisotopic (exact) mass is 450 g/mol.